The highest BCUT2D eigenvalue weighted by Crippen LogP contribution is 2.58. The molecule has 0 unspecified atom stereocenters. The Morgan fingerprint density at radius 3 is 1.70 bits per heavy atom. The zero-order chi connectivity index (χ0) is 33.1. The van der Waals surface area contributed by atoms with Crippen LogP contribution in [0.2, 0.25) is 0 Å². The smallest absolute Gasteiger partial charge is 0.164 e. The molecule has 0 radical (unpaired) electrons. The summed E-state index contributed by atoms with van der Waals surface area (Å²) in [6.07, 6.45) is 0. The van der Waals surface area contributed by atoms with E-state index in [1.54, 1.807) is 11.3 Å². The highest BCUT2D eigenvalue weighted by Gasteiger charge is 2.47. The number of fused-ring (bicyclic) bond motifs is 6. The molecule has 50 heavy (non-hydrogen) atoms. The van der Waals surface area contributed by atoms with Crippen LogP contribution in [0.25, 0.3) is 65.5 Å². The van der Waals surface area contributed by atoms with Crippen LogP contribution in [0.5, 0.6) is 0 Å². The number of nitrogens with zero attached hydrogens (tertiary/aromatic N) is 3. The van der Waals surface area contributed by atoms with E-state index in [1.807, 2.05) is 18.2 Å². The zero-order valence-corrected chi connectivity index (χ0v) is 27.8. The fourth-order valence-electron chi connectivity index (χ4n) is 7.89. The second-order valence-electron chi connectivity index (χ2n) is 12.7. The van der Waals surface area contributed by atoms with Gasteiger partial charge >= 0.3 is 0 Å². The number of aromatic nitrogens is 3. The first kappa shape index (κ1) is 28.8. The number of rotatable bonds is 5. The average molecular weight is 656 g/mol. The van der Waals surface area contributed by atoms with Crippen LogP contribution in [0.15, 0.2) is 176 Å². The van der Waals surface area contributed by atoms with Gasteiger partial charge in [0.2, 0.25) is 0 Å². The van der Waals surface area contributed by atoms with Crippen molar-refractivity contribution in [1.29, 1.82) is 0 Å². The standard InChI is InChI=1S/C46H29N3S/c1-4-15-30(16-5-1)43-47-44(31-27-28-35-34-21-11-13-26-40(34)50-41(35)29-31)49-45(48-43)37-23-14-25-39-42(37)36-22-10-12-24-38(36)46(39,32-17-6-2-7-18-32)33-19-8-3-9-20-33/h1-29H. The number of benzene rings is 7. The van der Waals surface area contributed by atoms with Crippen LogP contribution in [0.1, 0.15) is 22.3 Å². The van der Waals surface area contributed by atoms with Gasteiger partial charge in [0.15, 0.2) is 17.5 Å². The quantitative estimate of drug-likeness (QED) is 0.185. The monoisotopic (exact) mass is 655 g/mol. The Balaban J connectivity index is 1.25. The molecule has 0 atom stereocenters. The lowest BCUT2D eigenvalue weighted by Crippen LogP contribution is -2.28. The van der Waals surface area contributed by atoms with Crippen molar-refractivity contribution in [3.8, 4) is 45.3 Å². The van der Waals surface area contributed by atoms with Crippen molar-refractivity contribution in [2.24, 2.45) is 0 Å². The molecule has 4 heteroatoms. The Kier molecular flexibility index (Phi) is 6.58. The molecule has 1 aliphatic rings. The zero-order valence-electron chi connectivity index (χ0n) is 27.0. The van der Waals surface area contributed by atoms with E-state index in [4.69, 9.17) is 15.0 Å². The number of hydrogen-bond acceptors (Lipinski definition) is 4. The predicted molar refractivity (Wildman–Crippen MR) is 206 cm³/mol. The lowest BCUT2D eigenvalue weighted by Gasteiger charge is -2.33. The van der Waals surface area contributed by atoms with Gasteiger partial charge in [-0.15, -0.1) is 11.3 Å². The van der Waals surface area contributed by atoms with E-state index in [9.17, 15) is 0 Å². The van der Waals surface area contributed by atoms with Crippen molar-refractivity contribution in [3.63, 3.8) is 0 Å². The molecular weight excluding hydrogens is 627 g/mol. The molecule has 10 rings (SSSR count). The van der Waals surface area contributed by atoms with Crippen molar-refractivity contribution >= 4 is 31.5 Å². The largest absolute Gasteiger partial charge is 0.208 e. The van der Waals surface area contributed by atoms with Crippen LogP contribution in [0.4, 0.5) is 0 Å². The third-order valence-electron chi connectivity index (χ3n) is 10.0. The molecule has 234 valence electrons. The summed E-state index contributed by atoms with van der Waals surface area (Å²) < 4.78 is 2.50. The van der Waals surface area contributed by atoms with E-state index < -0.39 is 5.41 Å². The van der Waals surface area contributed by atoms with Gasteiger partial charge in [-0.25, -0.2) is 15.0 Å². The lowest BCUT2D eigenvalue weighted by atomic mass is 9.67. The molecular formula is C46H29N3S. The third kappa shape index (κ3) is 4.32. The predicted octanol–water partition coefficient (Wildman–Crippen LogP) is 11.6. The summed E-state index contributed by atoms with van der Waals surface area (Å²) in [6, 6.07) is 62.6. The molecule has 0 bridgehead atoms. The molecule has 1 aliphatic carbocycles. The minimum Gasteiger partial charge on any atom is -0.208 e. The Bertz CT molecular complexity index is 2660. The molecule has 2 aromatic heterocycles. The molecule has 0 amide bonds. The van der Waals surface area contributed by atoms with Crippen LogP contribution in [-0.4, -0.2) is 15.0 Å². The van der Waals surface area contributed by atoms with Crippen LogP contribution in [0, 0.1) is 0 Å². The number of hydrogen-bond donors (Lipinski definition) is 0. The first-order valence-corrected chi connectivity index (χ1v) is 17.7. The van der Waals surface area contributed by atoms with E-state index >= 15 is 0 Å². The molecule has 0 spiro atoms. The highest BCUT2D eigenvalue weighted by molar-refractivity contribution is 7.25. The average Bonchev–Trinajstić information content (AvgIpc) is 3.72. The Labute approximate surface area is 294 Å². The summed E-state index contributed by atoms with van der Waals surface area (Å²) in [6.45, 7) is 0. The van der Waals surface area contributed by atoms with Gasteiger partial charge in [-0.1, -0.05) is 164 Å². The minimum atomic E-state index is -0.505. The van der Waals surface area contributed by atoms with E-state index in [-0.39, 0.29) is 0 Å². The summed E-state index contributed by atoms with van der Waals surface area (Å²) in [7, 11) is 0. The minimum absolute atomic E-state index is 0.505. The fourth-order valence-corrected chi connectivity index (χ4v) is 9.03. The highest BCUT2D eigenvalue weighted by atomic mass is 32.1. The van der Waals surface area contributed by atoms with Crippen LogP contribution in [0.3, 0.4) is 0 Å². The maximum atomic E-state index is 5.29. The molecule has 7 aromatic carbocycles. The first-order chi connectivity index (χ1) is 24.8. The summed E-state index contributed by atoms with van der Waals surface area (Å²) in [5, 5.41) is 2.53. The first-order valence-electron chi connectivity index (χ1n) is 16.9. The van der Waals surface area contributed by atoms with Gasteiger partial charge in [0.25, 0.3) is 0 Å². The topological polar surface area (TPSA) is 38.7 Å². The number of thiophene rings is 1. The summed E-state index contributed by atoms with van der Waals surface area (Å²) >= 11 is 1.80. The maximum Gasteiger partial charge on any atom is 0.164 e. The van der Waals surface area contributed by atoms with Crippen molar-refractivity contribution in [2.75, 3.05) is 0 Å². The lowest BCUT2D eigenvalue weighted by molar-refractivity contribution is 0.768. The molecule has 9 aromatic rings. The fraction of sp³-hybridized carbons (Fsp3) is 0.0217. The van der Waals surface area contributed by atoms with Crippen LogP contribution in [-0.2, 0) is 5.41 Å². The van der Waals surface area contributed by atoms with Crippen molar-refractivity contribution < 1.29 is 0 Å². The molecule has 0 saturated heterocycles. The third-order valence-corrected chi connectivity index (χ3v) is 11.2. The van der Waals surface area contributed by atoms with Gasteiger partial charge in [0.05, 0.1) is 5.41 Å². The molecule has 0 saturated carbocycles. The van der Waals surface area contributed by atoms with Gasteiger partial charge in [-0.3, -0.25) is 0 Å². The molecule has 0 aliphatic heterocycles. The van der Waals surface area contributed by atoms with E-state index in [0.717, 1.165) is 22.3 Å². The van der Waals surface area contributed by atoms with E-state index in [2.05, 4.69) is 158 Å². The van der Waals surface area contributed by atoms with Gasteiger partial charge in [-0.05, 0) is 45.5 Å². The molecule has 3 nitrogen and oxygen atoms in total. The van der Waals surface area contributed by atoms with Crippen molar-refractivity contribution in [1.82, 2.24) is 15.0 Å². The Morgan fingerprint density at radius 1 is 0.380 bits per heavy atom. The van der Waals surface area contributed by atoms with Crippen molar-refractivity contribution in [2.45, 2.75) is 5.41 Å². The van der Waals surface area contributed by atoms with Gasteiger partial charge < -0.3 is 0 Å². The van der Waals surface area contributed by atoms with Crippen LogP contribution < -0.4 is 0 Å². The Morgan fingerprint density at radius 2 is 0.940 bits per heavy atom. The van der Waals surface area contributed by atoms with Crippen LogP contribution >= 0.6 is 11.3 Å². The molecule has 0 N–H and O–H groups in total. The van der Waals surface area contributed by atoms with Gasteiger partial charge in [0.1, 0.15) is 0 Å². The summed E-state index contributed by atoms with van der Waals surface area (Å²) in [5.41, 5.74) is 9.71. The van der Waals surface area contributed by atoms with E-state index in [0.29, 0.717) is 17.5 Å². The second kappa shape index (κ2) is 11.4. The summed E-state index contributed by atoms with van der Waals surface area (Å²) in [5.74, 6) is 1.98. The van der Waals surface area contributed by atoms with Gasteiger partial charge in [0, 0.05) is 36.9 Å². The maximum absolute atomic E-state index is 5.29. The van der Waals surface area contributed by atoms with Crippen molar-refractivity contribution in [3.05, 3.63) is 198 Å². The van der Waals surface area contributed by atoms with E-state index in [1.165, 1.54) is 48.0 Å². The molecule has 0 fully saturated rings. The van der Waals surface area contributed by atoms with Gasteiger partial charge in [-0.2, -0.15) is 0 Å². The Hall–Kier alpha value is -6.23. The second-order valence-corrected chi connectivity index (χ2v) is 13.8. The SMILES string of the molecule is c1ccc(-c2nc(-c3ccc4c(c3)sc3ccccc34)nc(-c3cccc4c3-c3ccccc3C4(c3ccccc3)c3ccccc3)n2)cc1. The summed E-state index contributed by atoms with van der Waals surface area (Å²) in [4.78, 5) is 15.6. The molecule has 2 heterocycles. The normalized spacial score (nSPS) is 13.0.